The summed E-state index contributed by atoms with van der Waals surface area (Å²) in [4.78, 5) is 28.1. The monoisotopic (exact) mass is 240 g/mol. The van der Waals surface area contributed by atoms with Crippen LogP contribution in [0.2, 0.25) is 0 Å². The summed E-state index contributed by atoms with van der Waals surface area (Å²) < 4.78 is 9.33. The van der Waals surface area contributed by atoms with Crippen molar-refractivity contribution in [3.8, 4) is 0 Å². The fourth-order valence-electron chi connectivity index (χ4n) is 0.643. The molecule has 0 fully saturated rings. The first-order valence-electron chi connectivity index (χ1n) is 3.88. The maximum atomic E-state index is 10.7. The second-order valence-electron chi connectivity index (χ2n) is 2.56. The molecule has 0 saturated carbocycles. The summed E-state index contributed by atoms with van der Waals surface area (Å²) in [5.41, 5.74) is 0. The normalized spacial score (nSPS) is 13.4. The Morgan fingerprint density at radius 1 is 1.71 bits per heavy atom. The van der Waals surface area contributed by atoms with E-state index in [2.05, 4.69) is 22.9 Å². The number of hydrogen-bond acceptors (Lipinski definition) is 4. The van der Waals surface area contributed by atoms with Crippen molar-refractivity contribution in [3.05, 3.63) is 12.7 Å². The van der Waals surface area contributed by atoms with E-state index in [4.69, 9.17) is 14.5 Å². The molecule has 0 saturated heterocycles. The largest absolute Gasteiger partial charge is 0.459 e. The predicted octanol–water partition coefficient (Wildman–Crippen LogP) is 0.720. The first kappa shape index (κ1) is 13.7. The van der Waals surface area contributed by atoms with Gasteiger partial charge in [-0.3, -0.25) is 0 Å². The lowest BCUT2D eigenvalue weighted by molar-refractivity contribution is -0.142. The molecule has 1 atom stereocenters. The Morgan fingerprint density at radius 2 is 2.29 bits per heavy atom. The van der Waals surface area contributed by atoms with Crippen molar-refractivity contribution < 1.29 is 23.8 Å². The second kappa shape index (κ2) is 6.27. The van der Waals surface area contributed by atoms with Crippen LogP contribution in [0.5, 0.6) is 0 Å². The molecule has 2 N–H and O–H groups in total. The zero-order valence-electron chi connectivity index (χ0n) is 7.75. The van der Waals surface area contributed by atoms with E-state index in [-0.39, 0.29) is 12.7 Å². The van der Waals surface area contributed by atoms with Crippen molar-refractivity contribution in [2.24, 2.45) is 0 Å². The molecule has 1 unspecified atom stereocenters. The average Bonchev–Trinajstić information content (AvgIpc) is 2.01. The van der Waals surface area contributed by atoms with E-state index in [1.54, 1.807) is 6.92 Å². The number of rotatable bonds is 6. The molecular weight excluding hydrogens is 227 g/mol. The van der Waals surface area contributed by atoms with Crippen LogP contribution < -0.4 is 0 Å². The summed E-state index contributed by atoms with van der Waals surface area (Å²) in [5.74, 6) is -0.523. The molecule has 0 rings (SSSR count). The molecule has 7 heteroatoms. The standard InChI is InChI=1S/C7H13O5PS/c1-3-7(8)12-6(2)4-5-11-13(9,10)14/h3,6H,1,4-5H2,2H3,(H2,9,10,14). The van der Waals surface area contributed by atoms with Crippen LogP contribution in [-0.4, -0.2) is 28.5 Å². The van der Waals surface area contributed by atoms with Gasteiger partial charge >= 0.3 is 12.7 Å². The quantitative estimate of drug-likeness (QED) is 0.405. The predicted molar refractivity (Wildman–Crippen MR) is 55.0 cm³/mol. The average molecular weight is 240 g/mol. The summed E-state index contributed by atoms with van der Waals surface area (Å²) in [6.07, 6.45) is 1.03. The lowest BCUT2D eigenvalue weighted by Crippen LogP contribution is -2.14. The summed E-state index contributed by atoms with van der Waals surface area (Å²) in [6, 6.07) is 0. The van der Waals surface area contributed by atoms with E-state index in [9.17, 15) is 4.79 Å². The van der Waals surface area contributed by atoms with Crippen LogP contribution in [0.3, 0.4) is 0 Å². The van der Waals surface area contributed by atoms with Crippen molar-refractivity contribution >= 4 is 24.5 Å². The Bertz CT molecular complexity index is 248. The molecule has 0 aromatic heterocycles. The first-order chi connectivity index (χ1) is 6.35. The minimum Gasteiger partial charge on any atom is -0.459 e. The summed E-state index contributed by atoms with van der Waals surface area (Å²) in [7, 11) is 0. The van der Waals surface area contributed by atoms with Gasteiger partial charge in [-0.05, 0) is 18.7 Å². The Labute approximate surface area is 87.6 Å². The highest BCUT2D eigenvalue weighted by atomic mass is 32.5. The van der Waals surface area contributed by atoms with E-state index < -0.39 is 12.7 Å². The van der Waals surface area contributed by atoms with E-state index in [1.165, 1.54) is 0 Å². The van der Waals surface area contributed by atoms with Gasteiger partial charge in [0.25, 0.3) is 0 Å². The number of esters is 1. The summed E-state index contributed by atoms with van der Waals surface area (Å²) in [5, 5.41) is 0. The lowest BCUT2D eigenvalue weighted by atomic mass is 10.3. The smallest absolute Gasteiger partial charge is 0.330 e. The molecule has 0 aliphatic heterocycles. The molecular formula is C7H13O5PS. The number of ether oxygens (including phenoxy) is 1. The van der Waals surface area contributed by atoms with Crippen molar-refractivity contribution in [2.45, 2.75) is 19.4 Å². The fourth-order valence-corrected chi connectivity index (χ4v) is 1.21. The van der Waals surface area contributed by atoms with Crippen molar-refractivity contribution in [3.63, 3.8) is 0 Å². The number of hydrogen-bond donors (Lipinski definition) is 2. The molecule has 82 valence electrons. The molecule has 0 spiro atoms. The maximum Gasteiger partial charge on any atom is 0.330 e. The summed E-state index contributed by atoms with van der Waals surface area (Å²) in [6.45, 7) is 1.34. The van der Waals surface area contributed by atoms with Gasteiger partial charge in [-0.15, -0.1) is 0 Å². The molecule has 0 aromatic carbocycles. The van der Waals surface area contributed by atoms with Gasteiger partial charge in [-0.2, -0.15) is 0 Å². The highest BCUT2D eigenvalue weighted by molar-refractivity contribution is 8.06. The highest BCUT2D eigenvalue weighted by Crippen LogP contribution is 2.36. The minimum atomic E-state index is -3.59. The van der Waals surface area contributed by atoms with Gasteiger partial charge in [0, 0.05) is 12.5 Å². The molecule has 0 aliphatic carbocycles. The number of carbonyl (C=O) groups excluding carboxylic acids is 1. The van der Waals surface area contributed by atoms with Crippen LogP contribution >= 0.6 is 6.72 Å². The molecule has 0 aromatic rings. The van der Waals surface area contributed by atoms with Gasteiger partial charge in [0.05, 0.1) is 6.61 Å². The van der Waals surface area contributed by atoms with Crippen LogP contribution in [-0.2, 0) is 25.9 Å². The van der Waals surface area contributed by atoms with Crippen molar-refractivity contribution in [1.82, 2.24) is 0 Å². The third-order valence-electron chi connectivity index (χ3n) is 1.27. The van der Waals surface area contributed by atoms with Crippen LogP contribution in [0.4, 0.5) is 0 Å². The maximum absolute atomic E-state index is 10.7. The van der Waals surface area contributed by atoms with Crippen molar-refractivity contribution in [2.75, 3.05) is 6.61 Å². The highest BCUT2D eigenvalue weighted by Gasteiger charge is 2.11. The zero-order chi connectivity index (χ0) is 11.2. The second-order valence-corrected chi connectivity index (χ2v) is 5.23. The van der Waals surface area contributed by atoms with Crippen LogP contribution in [0.15, 0.2) is 12.7 Å². The van der Waals surface area contributed by atoms with E-state index in [1.807, 2.05) is 0 Å². The van der Waals surface area contributed by atoms with E-state index in [0.29, 0.717) is 6.42 Å². The molecule has 14 heavy (non-hydrogen) atoms. The Balaban J connectivity index is 3.64. The van der Waals surface area contributed by atoms with E-state index >= 15 is 0 Å². The molecule has 0 bridgehead atoms. The van der Waals surface area contributed by atoms with Gasteiger partial charge in [-0.25, -0.2) is 4.79 Å². The summed E-state index contributed by atoms with van der Waals surface area (Å²) >= 11 is 4.22. The first-order valence-corrected chi connectivity index (χ1v) is 6.51. The third kappa shape index (κ3) is 8.34. The molecule has 5 nitrogen and oxygen atoms in total. The van der Waals surface area contributed by atoms with Crippen LogP contribution in [0, 0.1) is 0 Å². The lowest BCUT2D eigenvalue weighted by Gasteiger charge is -2.13. The molecule has 0 amide bonds. The SMILES string of the molecule is C=CC(=O)OC(C)CCOP(O)(O)=S. The third-order valence-corrected chi connectivity index (χ3v) is 2.10. The van der Waals surface area contributed by atoms with E-state index in [0.717, 1.165) is 6.08 Å². The Morgan fingerprint density at radius 3 is 2.71 bits per heavy atom. The van der Waals surface area contributed by atoms with Gasteiger partial charge in [0.15, 0.2) is 0 Å². The van der Waals surface area contributed by atoms with Crippen LogP contribution in [0.1, 0.15) is 13.3 Å². The molecule has 0 heterocycles. The number of carbonyl (C=O) groups is 1. The fraction of sp³-hybridized carbons (Fsp3) is 0.571. The zero-order valence-corrected chi connectivity index (χ0v) is 9.46. The van der Waals surface area contributed by atoms with Gasteiger partial charge in [0.2, 0.25) is 0 Å². The van der Waals surface area contributed by atoms with Gasteiger partial charge < -0.3 is 19.0 Å². The molecule has 0 aliphatic rings. The Kier molecular flexibility index (Phi) is 6.15. The minimum absolute atomic E-state index is 0.0376. The van der Waals surface area contributed by atoms with Crippen LogP contribution in [0.25, 0.3) is 0 Å². The van der Waals surface area contributed by atoms with Crippen molar-refractivity contribution in [1.29, 1.82) is 0 Å². The molecule has 0 radical (unpaired) electrons. The Hall–Kier alpha value is -0.260. The van der Waals surface area contributed by atoms with Gasteiger partial charge in [0.1, 0.15) is 6.10 Å². The topological polar surface area (TPSA) is 76.0 Å². The van der Waals surface area contributed by atoms with Gasteiger partial charge in [-0.1, -0.05) is 6.58 Å².